The molecule has 2 aliphatic rings. The Labute approximate surface area is 210 Å². The summed E-state index contributed by atoms with van der Waals surface area (Å²) in [6.07, 6.45) is 5.13. The summed E-state index contributed by atoms with van der Waals surface area (Å²) < 4.78 is 8.66. The maximum Gasteiger partial charge on any atom is 0.329 e. The minimum Gasteiger partial charge on any atom is -0.481 e. The molecule has 9 heteroatoms. The molecule has 36 heavy (non-hydrogen) atoms. The second-order valence-electron chi connectivity index (χ2n) is 9.83. The van der Waals surface area contributed by atoms with Gasteiger partial charge in [-0.2, -0.15) is 0 Å². The van der Waals surface area contributed by atoms with Crippen molar-refractivity contribution in [2.24, 2.45) is 5.92 Å². The van der Waals surface area contributed by atoms with E-state index in [1.807, 2.05) is 52.1 Å². The molecule has 1 amide bonds. The van der Waals surface area contributed by atoms with E-state index in [1.165, 1.54) is 0 Å². The molecule has 3 aromatic rings. The Morgan fingerprint density at radius 1 is 1.03 bits per heavy atom. The number of rotatable bonds is 7. The molecule has 9 nitrogen and oxygen atoms in total. The number of methoxy groups -OCH3 is 1. The summed E-state index contributed by atoms with van der Waals surface area (Å²) in [7, 11) is 1.61. The highest BCUT2D eigenvalue weighted by Gasteiger charge is 2.32. The highest BCUT2D eigenvalue weighted by molar-refractivity contribution is 5.79. The van der Waals surface area contributed by atoms with Crippen molar-refractivity contribution in [3.05, 3.63) is 58.6 Å². The number of fused-ring (bicyclic) bond motifs is 1. The fraction of sp³-hybridized carbons (Fsp3) is 0.519. The number of aliphatic hydroxyl groups excluding tert-OH is 1. The number of amides is 1. The molecule has 2 aliphatic heterocycles. The van der Waals surface area contributed by atoms with Crippen molar-refractivity contribution < 1.29 is 14.6 Å². The molecule has 0 unspecified atom stereocenters. The van der Waals surface area contributed by atoms with Crippen molar-refractivity contribution in [2.75, 3.05) is 39.9 Å². The standard InChI is InChI=1S/C27H35N5O4/c1-36-25-7-6-20(18-28-25)19-29-12-8-21(9-13-29)26(34)30-14-10-22(11-15-30)32-24-5-3-2-4-23(24)31(16-17-33)27(32)35/h2-7,18,21-22,33H,8-17,19H2,1H3. The van der Waals surface area contributed by atoms with Crippen LogP contribution in [0.1, 0.15) is 37.3 Å². The van der Waals surface area contributed by atoms with Gasteiger partial charge in [0.25, 0.3) is 0 Å². The third-order valence-electron chi connectivity index (χ3n) is 7.68. The van der Waals surface area contributed by atoms with Crippen LogP contribution in [-0.4, -0.2) is 74.8 Å². The van der Waals surface area contributed by atoms with E-state index >= 15 is 0 Å². The third kappa shape index (κ3) is 4.90. The molecule has 0 atom stereocenters. The summed E-state index contributed by atoms with van der Waals surface area (Å²) in [6.45, 7) is 4.20. The summed E-state index contributed by atoms with van der Waals surface area (Å²) >= 11 is 0. The Bertz CT molecular complexity index is 1240. The number of benzene rings is 1. The molecular formula is C27H35N5O4. The van der Waals surface area contributed by atoms with Gasteiger partial charge in [-0.15, -0.1) is 0 Å². The van der Waals surface area contributed by atoms with Gasteiger partial charge in [0.05, 0.1) is 31.3 Å². The summed E-state index contributed by atoms with van der Waals surface area (Å²) in [5.74, 6) is 0.947. The van der Waals surface area contributed by atoms with Crippen molar-refractivity contribution in [3.63, 3.8) is 0 Å². The molecule has 2 fully saturated rings. The number of nitrogens with zero attached hydrogens (tertiary/aromatic N) is 5. The quantitative estimate of drug-likeness (QED) is 0.543. The van der Waals surface area contributed by atoms with Gasteiger partial charge in [-0.25, -0.2) is 9.78 Å². The first-order valence-electron chi connectivity index (χ1n) is 12.9. The lowest BCUT2D eigenvalue weighted by molar-refractivity contribution is -0.138. The minimum atomic E-state index is -0.0746. The first-order chi connectivity index (χ1) is 17.6. The number of likely N-dealkylation sites (tertiary alicyclic amines) is 2. The van der Waals surface area contributed by atoms with Crippen LogP contribution in [0.5, 0.6) is 5.88 Å². The Hall–Kier alpha value is -3.17. The van der Waals surface area contributed by atoms with Crippen LogP contribution in [0.4, 0.5) is 0 Å². The van der Waals surface area contributed by atoms with E-state index in [0.29, 0.717) is 19.0 Å². The van der Waals surface area contributed by atoms with Crippen LogP contribution in [0.3, 0.4) is 0 Å². The molecule has 0 saturated carbocycles. The van der Waals surface area contributed by atoms with Gasteiger partial charge in [-0.1, -0.05) is 18.2 Å². The fourth-order valence-corrected chi connectivity index (χ4v) is 5.73. The lowest BCUT2D eigenvalue weighted by Gasteiger charge is -2.37. The third-order valence-corrected chi connectivity index (χ3v) is 7.68. The van der Waals surface area contributed by atoms with Crippen molar-refractivity contribution in [1.29, 1.82) is 0 Å². The number of imidazole rings is 1. The molecule has 5 rings (SSSR count). The Balaban J connectivity index is 1.16. The van der Waals surface area contributed by atoms with Gasteiger partial charge in [-0.3, -0.25) is 18.8 Å². The van der Waals surface area contributed by atoms with E-state index in [9.17, 15) is 14.7 Å². The summed E-state index contributed by atoms with van der Waals surface area (Å²) in [6, 6.07) is 11.7. The van der Waals surface area contributed by atoms with Crippen LogP contribution < -0.4 is 10.4 Å². The summed E-state index contributed by atoms with van der Waals surface area (Å²) in [4.78, 5) is 35.1. The zero-order chi connectivity index (χ0) is 25.1. The minimum absolute atomic E-state index is 0.0614. The molecule has 2 aromatic heterocycles. The summed E-state index contributed by atoms with van der Waals surface area (Å²) in [5, 5.41) is 9.43. The van der Waals surface area contributed by atoms with Crippen molar-refractivity contribution in [3.8, 4) is 5.88 Å². The Kier molecular flexibility index (Phi) is 7.38. The normalized spacial score (nSPS) is 18.1. The second kappa shape index (κ2) is 10.8. The number of aliphatic hydroxyl groups is 1. The van der Waals surface area contributed by atoms with E-state index in [4.69, 9.17) is 4.74 Å². The maximum atomic E-state index is 13.3. The first-order valence-corrected chi connectivity index (χ1v) is 12.9. The van der Waals surface area contributed by atoms with Crippen LogP contribution in [0.15, 0.2) is 47.4 Å². The molecule has 4 heterocycles. The number of pyridine rings is 1. The highest BCUT2D eigenvalue weighted by atomic mass is 16.5. The van der Waals surface area contributed by atoms with Crippen molar-refractivity contribution in [2.45, 2.75) is 44.8 Å². The van der Waals surface area contributed by atoms with Gasteiger partial charge in [0.1, 0.15) is 0 Å². The second-order valence-corrected chi connectivity index (χ2v) is 9.83. The Morgan fingerprint density at radius 2 is 1.75 bits per heavy atom. The topological polar surface area (TPSA) is 92.8 Å². The smallest absolute Gasteiger partial charge is 0.329 e. The number of para-hydroxylation sites is 2. The molecule has 0 radical (unpaired) electrons. The molecule has 0 spiro atoms. The molecular weight excluding hydrogens is 458 g/mol. The van der Waals surface area contributed by atoms with Gasteiger partial charge in [0, 0.05) is 43.9 Å². The lowest BCUT2D eigenvalue weighted by Crippen LogP contribution is -2.46. The van der Waals surface area contributed by atoms with Crippen LogP contribution in [0.25, 0.3) is 11.0 Å². The predicted octanol–water partition coefficient (Wildman–Crippen LogP) is 2.27. The van der Waals surface area contributed by atoms with Crippen molar-refractivity contribution in [1.82, 2.24) is 23.9 Å². The van der Waals surface area contributed by atoms with Gasteiger partial charge in [0.2, 0.25) is 11.8 Å². The molecule has 0 bridgehead atoms. The van der Waals surface area contributed by atoms with E-state index < -0.39 is 0 Å². The van der Waals surface area contributed by atoms with Crippen LogP contribution in [0, 0.1) is 5.92 Å². The number of carbonyl (C=O) groups is 1. The molecule has 192 valence electrons. The van der Waals surface area contributed by atoms with E-state index in [2.05, 4.69) is 9.88 Å². The monoisotopic (exact) mass is 493 g/mol. The van der Waals surface area contributed by atoms with Crippen molar-refractivity contribution >= 4 is 16.9 Å². The highest BCUT2D eigenvalue weighted by Crippen LogP contribution is 2.28. The molecule has 1 N–H and O–H groups in total. The van der Waals surface area contributed by atoms with Gasteiger partial charge in [-0.05, 0) is 56.5 Å². The number of piperidine rings is 2. The van der Waals surface area contributed by atoms with Crippen LogP contribution in [0.2, 0.25) is 0 Å². The van der Waals surface area contributed by atoms with E-state index in [0.717, 1.165) is 61.9 Å². The average molecular weight is 494 g/mol. The largest absolute Gasteiger partial charge is 0.481 e. The zero-order valence-corrected chi connectivity index (χ0v) is 20.9. The fourth-order valence-electron chi connectivity index (χ4n) is 5.73. The number of hydrogen-bond acceptors (Lipinski definition) is 6. The average Bonchev–Trinajstić information content (AvgIpc) is 3.20. The molecule has 0 aliphatic carbocycles. The number of carbonyl (C=O) groups excluding carboxylic acids is 1. The predicted molar refractivity (Wildman–Crippen MR) is 137 cm³/mol. The van der Waals surface area contributed by atoms with E-state index in [1.54, 1.807) is 11.7 Å². The Morgan fingerprint density at radius 3 is 2.39 bits per heavy atom. The van der Waals surface area contributed by atoms with Crippen LogP contribution >= 0.6 is 0 Å². The lowest BCUT2D eigenvalue weighted by atomic mass is 9.93. The number of ether oxygens (including phenoxy) is 1. The maximum absolute atomic E-state index is 13.3. The molecule has 1 aromatic carbocycles. The number of aromatic nitrogens is 3. The summed E-state index contributed by atoms with van der Waals surface area (Å²) in [5.41, 5.74) is 2.83. The van der Waals surface area contributed by atoms with Gasteiger partial charge < -0.3 is 14.7 Å². The molecule has 2 saturated heterocycles. The SMILES string of the molecule is COc1ccc(CN2CCC(C(=O)N3CCC(n4c(=O)n(CCO)c5ccccc54)CC3)CC2)cn1. The van der Waals surface area contributed by atoms with Crippen LogP contribution in [-0.2, 0) is 17.9 Å². The number of hydrogen-bond donors (Lipinski definition) is 1. The van der Waals surface area contributed by atoms with Gasteiger partial charge >= 0.3 is 5.69 Å². The first kappa shape index (κ1) is 24.5. The zero-order valence-electron chi connectivity index (χ0n) is 20.9. The van der Waals surface area contributed by atoms with E-state index in [-0.39, 0.29) is 36.7 Å². The van der Waals surface area contributed by atoms with Gasteiger partial charge in [0.15, 0.2) is 0 Å².